The second-order valence-electron chi connectivity index (χ2n) is 3.84. The number of halogens is 1. The largest absolute Gasteiger partial charge is 0.312 e. The Labute approximate surface area is 118 Å². The first-order valence-corrected chi connectivity index (χ1v) is 6.14. The lowest BCUT2D eigenvalue weighted by atomic mass is 10.4. The van der Waals surface area contributed by atoms with Crippen LogP contribution in [0.25, 0.3) is 10.5 Å². The Bertz CT molecular complexity index is 673. The number of hydrogen-bond acceptors (Lipinski definition) is 3. The second-order valence-corrected chi connectivity index (χ2v) is 4.59. The quantitative estimate of drug-likeness (QED) is 0.799. The molecule has 2 aromatic rings. The van der Waals surface area contributed by atoms with Crippen LogP contribution >= 0.6 is 15.9 Å². The normalized spacial score (nSPS) is 10.0. The Morgan fingerprint density at radius 3 is 2.89 bits per heavy atom. The van der Waals surface area contributed by atoms with Crippen LogP contribution in [0, 0.1) is 6.57 Å². The zero-order valence-corrected chi connectivity index (χ0v) is 11.9. The number of anilines is 1. The molecule has 7 heteroatoms. The molecule has 0 aliphatic heterocycles. The van der Waals surface area contributed by atoms with Crippen LogP contribution in [0.4, 0.5) is 11.4 Å². The number of amides is 1. The molecule has 0 aliphatic rings. The van der Waals surface area contributed by atoms with Crippen molar-refractivity contribution in [1.29, 1.82) is 0 Å². The SMILES string of the molecule is [C-]#[N+]c1cncc(-n2cc(N(C)C(C)=O)c(Br)n2)c1. The number of carbonyl (C=O) groups is 1. The highest BCUT2D eigenvalue weighted by Gasteiger charge is 2.14. The number of hydrogen-bond donors (Lipinski definition) is 0. The maximum absolute atomic E-state index is 11.4. The van der Waals surface area contributed by atoms with Crippen molar-refractivity contribution in [2.24, 2.45) is 0 Å². The van der Waals surface area contributed by atoms with Crippen LogP contribution in [0.5, 0.6) is 0 Å². The van der Waals surface area contributed by atoms with Gasteiger partial charge < -0.3 is 4.90 Å². The van der Waals surface area contributed by atoms with Gasteiger partial charge in [-0.05, 0) is 22.0 Å². The number of rotatable bonds is 2. The summed E-state index contributed by atoms with van der Waals surface area (Å²) in [7, 11) is 1.67. The van der Waals surface area contributed by atoms with Gasteiger partial charge in [0, 0.05) is 26.4 Å². The van der Waals surface area contributed by atoms with E-state index in [2.05, 4.69) is 30.9 Å². The van der Waals surface area contributed by atoms with Gasteiger partial charge in [-0.1, -0.05) is 0 Å². The molecular formula is C12H10BrN5O. The van der Waals surface area contributed by atoms with Crippen molar-refractivity contribution < 1.29 is 4.79 Å². The summed E-state index contributed by atoms with van der Waals surface area (Å²) in [5.41, 5.74) is 1.75. The molecule has 0 spiro atoms. The van der Waals surface area contributed by atoms with E-state index in [1.165, 1.54) is 18.0 Å². The molecule has 0 radical (unpaired) electrons. The van der Waals surface area contributed by atoms with Gasteiger partial charge in [-0.15, -0.1) is 0 Å². The van der Waals surface area contributed by atoms with Gasteiger partial charge in [0.25, 0.3) is 0 Å². The molecule has 2 rings (SSSR count). The molecule has 0 saturated heterocycles. The van der Waals surface area contributed by atoms with E-state index in [0.29, 0.717) is 21.7 Å². The Balaban J connectivity index is 2.45. The van der Waals surface area contributed by atoms with Crippen molar-refractivity contribution in [3.05, 3.63) is 40.7 Å². The van der Waals surface area contributed by atoms with E-state index in [1.54, 1.807) is 30.2 Å². The molecule has 0 atom stereocenters. The van der Waals surface area contributed by atoms with E-state index in [9.17, 15) is 4.79 Å². The van der Waals surface area contributed by atoms with Crippen molar-refractivity contribution in [3.8, 4) is 5.69 Å². The van der Waals surface area contributed by atoms with Gasteiger partial charge in [-0.25, -0.2) is 9.53 Å². The molecule has 1 amide bonds. The Hall–Kier alpha value is -2.20. The molecule has 0 saturated carbocycles. The highest BCUT2D eigenvalue weighted by molar-refractivity contribution is 9.10. The van der Waals surface area contributed by atoms with Gasteiger partial charge in [0.15, 0.2) is 4.60 Å². The van der Waals surface area contributed by atoms with E-state index in [4.69, 9.17) is 6.57 Å². The van der Waals surface area contributed by atoms with Gasteiger partial charge >= 0.3 is 0 Å². The number of pyridine rings is 1. The maximum atomic E-state index is 11.4. The first kappa shape index (κ1) is 13.2. The highest BCUT2D eigenvalue weighted by Crippen LogP contribution is 2.26. The third kappa shape index (κ3) is 2.63. The average Bonchev–Trinajstić information content (AvgIpc) is 2.80. The molecule has 0 unspecified atom stereocenters. The predicted octanol–water partition coefficient (Wildman–Crippen LogP) is 2.56. The van der Waals surface area contributed by atoms with Gasteiger partial charge in [-0.3, -0.25) is 9.78 Å². The molecule has 0 aliphatic carbocycles. The number of nitrogens with zero attached hydrogens (tertiary/aromatic N) is 5. The van der Waals surface area contributed by atoms with Gasteiger partial charge in [0.1, 0.15) is 0 Å². The Morgan fingerprint density at radius 2 is 2.26 bits per heavy atom. The van der Waals surface area contributed by atoms with Crippen molar-refractivity contribution in [2.45, 2.75) is 6.92 Å². The monoisotopic (exact) mass is 319 g/mol. The summed E-state index contributed by atoms with van der Waals surface area (Å²) in [4.78, 5) is 20.1. The summed E-state index contributed by atoms with van der Waals surface area (Å²) >= 11 is 3.31. The average molecular weight is 320 g/mol. The summed E-state index contributed by atoms with van der Waals surface area (Å²) in [5.74, 6) is -0.0896. The predicted molar refractivity (Wildman–Crippen MR) is 74.4 cm³/mol. The third-order valence-corrected chi connectivity index (χ3v) is 3.15. The molecule has 6 nitrogen and oxygen atoms in total. The molecule has 2 heterocycles. The standard InChI is InChI=1S/C12H10BrN5O/c1-8(19)17(3)11-7-18(16-12(11)13)10-4-9(14-2)5-15-6-10/h4-7H,1,3H3. The molecule has 2 aromatic heterocycles. The van der Waals surface area contributed by atoms with Crippen molar-refractivity contribution in [2.75, 3.05) is 11.9 Å². The molecule has 19 heavy (non-hydrogen) atoms. The topological polar surface area (TPSA) is 55.4 Å². The smallest absolute Gasteiger partial charge is 0.223 e. The van der Waals surface area contributed by atoms with Gasteiger partial charge in [0.2, 0.25) is 11.6 Å². The molecular weight excluding hydrogens is 310 g/mol. The van der Waals surface area contributed by atoms with E-state index in [0.717, 1.165) is 0 Å². The van der Waals surface area contributed by atoms with Crippen LogP contribution in [-0.2, 0) is 4.79 Å². The van der Waals surface area contributed by atoms with E-state index in [-0.39, 0.29) is 5.91 Å². The summed E-state index contributed by atoms with van der Waals surface area (Å²) in [5, 5.41) is 4.26. The molecule has 0 N–H and O–H groups in total. The number of carbonyl (C=O) groups excluding carboxylic acids is 1. The minimum Gasteiger partial charge on any atom is -0.312 e. The summed E-state index contributed by atoms with van der Waals surface area (Å²) in [6.45, 7) is 8.45. The fourth-order valence-corrected chi connectivity index (χ4v) is 2.01. The van der Waals surface area contributed by atoms with Crippen molar-refractivity contribution in [1.82, 2.24) is 14.8 Å². The summed E-state index contributed by atoms with van der Waals surface area (Å²) in [6, 6.07) is 1.68. The highest BCUT2D eigenvalue weighted by atomic mass is 79.9. The van der Waals surface area contributed by atoms with Gasteiger partial charge in [-0.2, -0.15) is 5.10 Å². The van der Waals surface area contributed by atoms with E-state index < -0.39 is 0 Å². The lowest BCUT2D eigenvalue weighted by Gasteiger charge is -2.11. The minimum atomic E-state index is -0.0896. The summed E-state index contributed by atoms with van der Waals surface area (Å²) < 4.78 is 2.12. The molecule has 0 fully saturated rings. The van der Waals surface area contributed by atoms with E-state index in [1.807, 2.05) is 0 Å². The molecule has 0 aromatic carbocycles. The van der Waals surface area contributed by atoms with Crippen LogP contribution in [0.2, 0.25) is 0 Å². The second kappa shape index (κ2) is 5.20. The van der Waals surface area contributed by atoms with Crippen LogP contribution in [0.1, 0.15) is 6.92 Å². The van der Waals surface area contributed by atoms with Crippen molar-refractivity contribution in [3.63, 3.8) is 0 Å². The van der Waals surface area contributed by atoms with E-state index >= 15 is 0 Å². The maximum Gasteiger partial charge on any atom is 0.223 e. The fourth-order valence-electron chi connectivity index (χ4n) is 1.47. The lowest BCUT2D eigenvalue weighted by Crippen LogP contribution is -2.22. The fraction of sp³-hybridized carbons (Fsp3) is 0.167. The number of aromatic nitrogens is 3. The zero-order chi connectivity index (χ0) is 14.0. The van der Waals surface area contributed by atoms with Crippen LogP contribution < -0.4 is 4.90 Å². The summed E-state index contributed by atoms with van der Waals surface area (Å²) in [6.07, 6.45) is 4.79. The third-order valence-electron chi connectivity index (χ3n) is 2.59. The minimum absolute atomic E-state index is 0.0896. The first-order chi connectivity index (χ1) is 9.02. The molecule has 0 bridgehead atoms. The first-order valence-electron chi connectivity index (χ1n) is 5.35. The van der Waals surface area contributed by atoms with Gasteiger partial charge in [0.05, 0.1) is 24.1 Å². The van der Waals surface area contributed by atoms with Crippen molar-refractivity contribution >= 4 is 33.2 Å². The zero-order valence-electron chi connectivity index (χ0n) is 10.3. The lowest BCUT2D eigenvalue weighted by molar-refractivity contribution is -0.116. The van der Waals surface area contributed by atoms with Crippen LogP contribution in [-0.4, -0.2) is 27.7 Å². The Morgan fingerprint density at radius 1 is 1.53 bits per heavy atom. The van der Waals surface area contributed by atoms with Crippen LogP contribution in [0.15, 0.2) is 29.3 Å². The Kier molecular flexibility index (Phi) is 3.62. The molecule has 96 valence electrons. The van der Waals surface area contributed by atoms with Crippen LogP contribution in [0.3, 0.4) is 0 Å².